The van der Waals surface area contributed by atoms with Gasteiger partial charge < -0.3 is 10.0 Å². The summed E-state index contributed by atoms with van der Waals surface area (Å²) in [7, 11) is 1.63. The molecule has 1 saturated carbocycles. The Morgan fingerprint density at radius 3 is 2.76 bits per heavy atom. The van der Waals surface area contributed by atoms with Crippen molar-refractivity contribution >= 4 is 12.0 Å². The van der Waals surface area contributed by atoms with Gasteiger partial charge in [-0.15, -0.1) is 5.10 Å². The second-order valence-corrected chi connectivity index (χ2v) is 6.44. The third-order valence-corrected chi connectivity index (χ3v) is 3.65. The van der Waals surface area contributed by atoms with Crippen molar-refractivity contribution in [1.29, 1.82) is 0 Å². The van der Waals surface area contributed by atoms with Crippen LogP contribution in [0.15, 0.2) is 6.33 Å². The number of anilines is 1. The van der Waals surface area contributed by atoms with E-state index in [1.165, 1.54) is 24.2 Å². The van der Waals surface area contributed by atoms with Gasteiger partial charge in [0.05, 0.1) is 18.2 Å². The van der Waals surface area contributed by atoms with E-state index in [2.05, 4.69) is 15.4 Å². The molecular formula is C14H25N5O2. The summed E-state index contributed by atoms with van der Waals surface area (Å²) in [6.07, 6.45) is 7.66. The molecule has 0 saturated heterocycles. The standard InChI is InChI=1S/C14H25N5O2/c1-14(2,21)9-18(3)13(20)16-12-15-10-19(17-12)11-7-5-4-6-8-11/h10-11,21H,4-9H2,1-3H3,(H,16,17,20). The SMILES string of the molecule is CN(CC(C)(C)O)C(=O)Nc1ncn(C2CCCCC2)n1. The Hall–Kier alpha value is -1.63. The lowest BCUT2D eigenvalue weighted by Crippen LogP contribution is -2.41. The second kappa shape index (κ2) is 6.43. The highest BCUT2D eigenvalue weighted by Crippen LogP contribution is 2.27. The molecule has 1 fully saturated rings. The van der Waals surface area contributed by atoms with Crippen LogP contribution in [0.3, 0.4) is 0 Å². The zero-order valence-electron chi connectivity index (χ0n) is 13.0. The molecule has 1 aromatic heterocycles. The van der Waals surface area contributed by atoms with Crippen LogP contribution < -0.4 is 5.32 Å². The van der Waals surface area contributed by atoms with Gasteiger partial charge in [-0.1, -0.05) is 19.3 Å². The fourth-order valence-corrected chi connectivity index (χ4v) is 2.70. The zero-order chi connectivity index (χ0) is 15.5. The number of nitrogens with zero attached hydrogens (tertiary/aromatic N) is 4. The van der Waals surface area contributed by atoms with Gasteiger partial charge in [0.25, 0.3) is 0 Å². The van der Waals surface area contributed by atoms with E-state index in [0.717, 1.165) is 12.8 Å². The Balaban J connectivity index is 1.91. The lowest BCUT2D eigenvalue weighted by atomic mass is 9.96. The summed E-state index contributed by atoms with van der Waals surface area (Å²) < 4.78 is 1.85. The van der Waals surface area contributed by atoms with Gasteiger partial charge in [-0.2, -0.15) is 0 Å². The average Bonchev–Trinajstić information content (AvgIpc) is 2.86. The maximum absolute atomic E-state index is 12.0. The highest BCUT2D eigenvalue weighted by Gasteiger charge is 2.21. The number of hydrogen-bond donors (Lipinski definition) is 2. The number of aromatic nitrogens is 3. The number of rotatable bonds is 4. The fourth-order valence-electron chi connectivity index (χ4n) is 2.70. The van der Waals surface area contributed by atoms with Crippen LogP contribution in [0.4, 0.5) is 10.7 Å². The molecule has 118 valence electrons. The molecule has 0 unspecified atom stereocenters. The van der Waals surface area contributed by atoms with E-state index < -0.39 is 5.60 Å². The van der Waals surface area contributed by atoms with Crippen molar-refractivity contribution < 1.29 is 9.90 Å². The van der Waals surface area contributed by atoms with Crippen LogP contribution in [0.25, 0.3) is 0 Å². The molecular weight excluding hydrogens is 270 g/mol. The van der Waals surface area contributed by atoms with Crippen LogP contribution in [0.5, 0.6) is 0 Å². The van der Waals surface area contributed by atoms with E-state index in [1.807, 2.05) is 4.68 Å². The van der Waals surface area contributed by atoms with E-state index >= 15 is 0 Å². The van der Waals surface area contributed by atoms with Gasteiger partial charge in [0.2, 0.25) is 5.95 Å². The van der Waals surface area contributed by atoms with Crippen molar-refractivity contribution in [1.82, 2.24) is 19.7 Å². The van der Waals surface area contributed by atoms with E-state index in [9.17, 15) is 9.90 Å². The summed E-state index contributed by atoms with van der Waals surface area (Å²) >= 11 is 0. The predicted octanol–water partition coefficient (Wildman–Crippen LogP) is 2.02. The van der Waals surface area contributed by atoms with Crippen LogP contribution in [0.1, 0.15) is 52.0 Å². The molecule has 0 bridgehead atoms. The zero-order valence-corrected chi connectivity index (χ0v) is 13.0. The van der Waals surface area contributed by atoms with Crippen LogP contribution in [0.2, 0.25) is 0 Å². The third-order valence-electron chi connectivity index (χ3n) is 3.65. The minimum atomic E-state index is -0.930. The molecule has 0 radical (unpaired) electrons. The number of carbonyl (C=O) groups excluding carboxylic acids is 1. The van der Waals surface area contributed by atoms with Gasteiger partial charge in [0.1, 0.15) is 6.33 Å². The molecule has 7 nitrogen and oxygen atoms in total. The largest absolute Gasteiger partial charge is 0.389 e. The molecule has 0 spiro atoms. The molecule has 1 heterocycles. The normalized spacial score (nSPS) is 16.8. The topological polar surface area (TPSA) is 83.3 Å². The Morgan fingerprint density at radius 1 is 1.48 bits per heavy atom. The Morgan fingerprint density at radius 2 is 2.14 bits per heavy atom. The van der Waals surface area contributed by atoms with Crippen LogP contribution in [-0.2, 0) is 0 Å². The fraction of sp³-hybridized carbons (Fsp3) is 0.786. The summed E-state index contributed by atoms with van der Waals surface area (Å²) in [4.78, 5) is 17.5. The first-order chi connectivity index (χ1) is 9.85. The Bertz CT molecular complexity index is 474. The lowest BCUT2D eigenvalue weighted by Gasteiger charge is -2.25. The van der Waals surface area contributed by atoms with Crippen LogP contribution >= 0.6 is 0 Å². The molecule has 2 rings (SSSR count). The second-order valence-electron chi connectivity index (χ2n) is 6.44. The smallest absolute Gasteiger partial charge is 0.324 e. The van der Waals surface area contributed by atoms with E-state index in [4.69, 9.17) is 0 Å². The Kier molecular flexibility index (Phi) is 4.82. The van der Waals surface area contributed by atoms with Crippen LogP contribution in [-0.4, -0.2) is 50.0 Å². The first-order valence-electron chi connectivity index (χ1n) is 7.51. The molecule has 1 aromatic rings. The molecule has 0 aliphatic heterocycles. The molecule has 2 amide bonds. The number of carbonyl (C=O) groups is 1. The summed E-state index contributed by atoms with van der Waals surface area (Å²) in [6, 6.07) is 0.0736. The van der Waals surface area contributed by atoms with E-state index in [1.54, 1.807) is 27.2 Å². The number of nitrogens with one attached hydrogen (secondary N) is 1. The number of hydrogen-bond acceptors (Lipinski definition) is 4. The average molecular weight is 295 g/mol. The molecule has 1 aliphatic rings. The van der Waals surface area contributed by atoms with Crippen molar-refractivity contribution in [2.24, 2.45) is 0 Å². The van der Waals surface area contributed by atoms with Gasteiger partial charge in [0, 0.05) is 7.05 Å². The first-order valence-corrected chi connectivity index (χ1v) is 7.51. The van der Waals surface area contributed by atoms with Gasteiger partial charge in [0.15, 0.2) is 0 Å². The maximum atomic E-state index is 12.0. The summed E-state index contributed by atoms with van der Waals surface area (Å²) in [6.45, 7) is 3.56. The van der Waals surface area contributed by atoms with Crippen molar-refractivity contribution in [3.8, 4) is 0 Å². The lowest BCUT2D eigenvalue weighted by molar-refractivity contribution is 0.0550. The van der Waals surface area contributed by atoms with Crippen LogP contribution in [0, 0.1) is 0 Å². The van der Waals surface area contributed by atoms with Crippen molar-refractivity contribution in [2.45, 2.75) is 57.6 Å². The molecule has 1 aliphatic carbocycles. The van der Waals surface area contributed by atoms with Gasteiger partial charge >= 0.3 is 6.03 Å². The predicted molar refractivity (Wildman–Crippen MR) is 80.1 cm³/mol. The first kappa shape index (κ1) is 15.8. The highest BCUT2D eigenvalue weighted by atomic mass is 16.3. The van der Waals surface area contributed by atoms with E-state index in [-0.39, 0.29) is 12.6 Å². The molecule has 7 heteroatoms. The van der Waals surface area contributed by atoms with Gasteiger partial charge in [-0.25, -0.2) is 14.5 Å². The monoisotopic (exact) mass is 295 g/mol. The summed E-state index contributed by atoms with van der Waals surface area (Å²) in [5.41, 5.74) is -0.930. The summed E-state index contributed by atoms with van der Waals surface area (Å²) in [5.74, 6) is 0.313. The number of aliphatic hydroxyl groups is 1. The minimum absolute atomic E-state index is 0.238. The molecule has 0 aromatic carbocycles. The quantitative estimate of drug-likeness (QED) is 0.890. The minimum Gasteiger partial charge on any atom is -0.389 e. The summed E-state index contributed by atoms with van der Waals surface area (Å²) in [5, 5.41) is 16.7. The molecule has 0 atom stereocenters. The highest BCUT2D eigenvalue weighted by molar-refractivity contribution is 5.87. The van der Waals surface area contributed by atoms with E-state index in [0.29, 0.717) is 12.0 Å². The maximum Gasteiger partial charge on any atom is 0.324 e. The van der Waals surface area contributed by atoms with Gasteiger partial charge in [-0.05, 0) is 26.7 Å². The Labute approximate surface area is 125 Å². The number of likely N-dealkylation sites (N-methyl/N-ethyl adjacent to an activating group) is 1. The molecule has 21 heavy (non-hydrogen) atoms. The number of urea groups is 1. The molecule has 2 N–H and O–H groups in total. The van der Waals surface area contributed by atoms with Gasteiger partial charge in [-0.3, -0.25) is 5.32 Å². The van der Waals surface area contributed by atoms with Crippen molar-refractivity contribution in [3.05, 3.63) is 6.33 Å². The van der Waals surface area contributed by atoms with Crippen molar-refractivity contribution in [2.75, 3.05) is 18.9 Å². The van der Waals surface area contributed by atoms with Crippen molar-refractivity contribution in [3.63, 3.8) is 0 Å². The number of amides is 2. The third kappa shape index (κ3) is 4.70.